The van der Waals surface area contributed by atoms with Crippen LogP contribution in [-0.2, 0) is 28.4 Å². The van der Waals surface area contributed by atoms with E-state index in [1.54, 1.807) is 0 Å². The quantitative estimate of drug-likeness (QED) is 0.101. The van der Waals surface area contributed by atoms with Crippen molar-refractivity contribution in [3.63, 3.8) is 0 Å². The Morgan fingerprint density at radius 1 is 0.605 bits per heavy atom. The molecule has 9 aliphatic rings. The summed E-state index contributed by atoms with van der Waals surface area (Å²) in [5.41, 5.74) is 8.76. The highest BCUT2D eigenvalue weighted by Crippen LogP contribution is 2.43. The van der Waals surface area contributed by atoms with Gasteiger partial charge in [-0.15, -0.1) is 0 Å². The summed E-state index contributed by atoms with van der Waals surface area (Å²) in [5.74, 6) is 1.71. The van der Waals surface area contributed by atoms with E-state index in [4.69, 9.17) is 61.4 Å². The zero-order valence-corrected chi connectivity index (χ0v) is 52.1. The Bertz CT molecular complexity index is 3450. The molecule has 0 unspecified atom stereocenters. The fraction of sp³-hybridized carbons (Fsp3) is 0.587. The Kier molecular flexibility index (Phi) is 16.7. The van der Waals surface area contributed by atoms with E-state index in [0.29, 0.717) is 61.9 Å². The molecule has 86 heavy (non-hydrogen) atoms. The predicted molar refractivity (Wildman–Crippen MR) is 333 cm³/mol. The van der Waals surface area contributed by atoms with E-state index in [-0.39, 0.29) is 54.2 Å². The molecule has 2 saturated carbocycles. The van der Waals surface area contributed by atoms with Gasteiger partial charge in [0.15, 0.2) is 0 Å². The fourth-order valence-corrected chi connectivity index (χ4v) is 13.2. The second-order valence-corrected chi connectivity index (χ2v) is 26.8. The summed E-state index contributed by atoms with van der Waals surface area (Å²) in [7, 11) is -0.373. The van der Waals surface area contributed by atoms with Crippen LogP contribution in [0, 0.1) is 18.8 Å². The van der Waals surface area contributed by atoms with Crippen LogP contribution in [0.5, 0.6) is 11.8 Å². The third-order valence-corrected chi connectivity index (χ3v) is 19.9. The molecular formula is C63H81BCl2N12O8. The number of carbonyl (C=O) groups excluding carboxylic acids is 2. The number of carbonyl (C=O) groups is 2. The van der Waals surface area contributed by atoms with E-state index in [1.807, 2.05) is 57.7 Å². The Labute approximate surface area is 514 Å². The number of nitrogens with zero attached hydrogens (tertiary/aromatic N) is 10. The molecule has 11 heterocycles. The van der Waals surface area contributed by atoms with Crippen molar-refractivity contribution in [2.75, 3.05) is 102 Å². The smallest absolute Gasteiger partial charge is 0.473 e. The SMILES string of the molecule is CC1(C)OB(c2ccc(N3CCN(C4COC4)CC3)c(Cl)c2)OC1(C)C.C[C@@H](Oc1nc(-c2ccc(N3CCN(C4COC4)CC3)c(Cl)c2)cc2ncn(C3CC3)c12)[C@H]1CNC(=O)C1.Cc1cc2ncn(C3CC3)c2c(O[C@H](C)[C@H]2CNC(=O)C2)n1. The van der Waals surface area contributed by atoms with Crippen LogP contribution >= 0.6 is 23.2 Å². The number of piperazine rings is 2. The van der Waals surface area contributed by atoms with E-state index < -0.39 is 0 Å². The largest absolute Gasteiger partial charge is 0.494 e. The minimum atomic E-state index is -0.373. The molecular weight excluding hydrogens is 1130 g/mol. The molecule has 4 aromatic heterocycles. The molecule has 20 nitrogen and oxygen atoms in total. The lowest BCUT2D eigenvalue weighted by Gasteiger charge is -2.43. The van der Waals surface area contributed by atoms with Crippen LogP contribution in [-0.4, -0.2) is 185 Å². The highest BCUT2D eigenvalue weighted by atomic mass is 35.5. The van der Waals surface area contributed by atoms with E-state index in [9.17, 15) is 9.59 Å². The van der Waals surface area contributed by atoms with Crippen molar-refractivity contribution in [1.82, 2.24) is 49.5 Å². The lowest BCUT2D eigenvalue weighted by atomic mass is 9.79. The number of hydrogen-bond donors (Lipinski definition) is 2. The van der Waals surface area contributed by atoms with Crippen molar-refractivity contribution in [2.24, 2.45) is 11.8 Å². The number of rotatable bonds is 14. The first-order valence-corrected chi connectivity index (χ1v) is 31.8. The van der Waals surface area contributed by atoms with Crippen molar-refractivity contribution in [3.8, 4) is 23.0 Å². The lowest BCUT2D eigenvalue weighted by molar-refractivity contribution is -0.120. The van der Waals surface area contributed by atoms with Crippen molar-refractivity contribution in [1.29, 1.82) is 0 Å². The molecule has 0 spiro atoms. The average Bonchev–Trinajstić information content (AvgIpc) is 2.50. The molecule has 15 rings (SSSR count). The average molecular weight is 1220 g/mol. The number of halogens is 2. The topological polar surface area (TPSA) is 188 Å². The lowest BCUT2D eigenvalue weighted by Crippen LogP contribution is -2.56. The number of fused-ring (bicyclic) bond motifs is 2. The first kappa shape index (κ1) is 59.2. The summed E-state index contributed by atoms with van der Waals surface area (Å²) in [6.45, 7) is 27.1. The molecule has 4 atom stereocenters. The summed E-state index contributed by atoms with van der Waals surface area (Å²) in [4.78, 5) is 51.7. The van der Waals surface area contributed by atoms with E-state index >= 15 is 0 Å². The number of aromatic nitrogens is 6. The van der Waals surface area contributed by atoms with Crippen molar-refractivity contribution in [2.45, 2.75) is 135 Å². The van der Waals surface area contributed by atoms with Gasteiger partial charge in [0.2, 0.25) is 23.6 Å². The number of nitrogens with one attached hydrogen (secondary N) is 2. The van der Waals surface area contributed by atoms with Gasteiger partial charge in [-0.25, -0.2) is 19.9 Å². The Morgan fingerprint density at radius 3 is 1.50 bits per heavy atom. The molecule has 9 fully saturated rings. The fourth-order valence-electron chi connectivity index (χ4n) is 12.6. The second-order valence-electron chi connectivity index (χ2n) is 26.0. The van der Waals surface area contributed by atoms with Crippen LogP contribution < -0.4 is 35.4 Å². The van der Waals surface area contributed by atoms with Gasteiger partial charge in [0, 0.05) is 113 Å². The number of ether oxygens (including phenoxy) is 4. The van der Waals surface area contributed by atoms with Gasteiger partial charge in [0.1, 0.15) is 23.2 Å². The highest BCUT2D eigenvalue weighted by Gasteiger charge is 2.52. The number of amides is 2. The molecule has 2 aliphatic carbocycles. The number of aryl methyl sites for hydroxylation is 1. The van der Waals surface area contributed by atoms with Gasteiger partial charge in [-0.2, -0.15) is 0 Å². The molecule has 7 saturated heterocycles. The Balaban J connectivity index is 0.000000125. The molecule has 23 heteroatoms. The number of pyridine rings is 2. The number of benzene rings is 2. The van der Waals surface area contributed by atoms with Gasteiger partial charge in [0.05, 0.1) is 101 Å². The van der Waals surface area contributed by atoms with Crippen molar-refractivity contribution >= 4 is 81.0 Å². The summed E-state index contributed by atoms with van der Waals surface area (Å²) in [6.07, 6.45) is 9.25. The molecule has 7 aliphatic heterocycles. The Morgan fingerprint density at radius 2 is 1.07 bits per heavy atom. The third kappa shape index (κ3) is 12.5. The highest BCUT2D eigenvalue weighted by molar-refractivity contribution is 6.62. The predicted octanol–water partition coefficient (Wildman–Crippen LogP) is 7.65. The first-order valence-electron chi connectivity index (χ1n) is 31.1. The van der Waals surface area contributed by atoms with Crippen LogP contribution in [0.3, 0.4) is 0 Å². The minimum Gasteiger partial charge on any atom is -0.473 e. The van der Waals surface area contributed by atoms with E-state index in [0.717, 1.165) is 158 Å². The molecule has 2 aromatic carbocycles. The van der Waals surface area contributed by atoms with Crippen LogP contribution in [0.15, 0.2) is 61.2 Å². The molecule has 2 N–H and O–H groups in total. The summed E-state index contributed by atoms with van der Waals surface area (Å²) in [5, 5.41) is 7.26. The third-order valence-electron chi connectivity index (χ3n) is 19.3. The standard InChI is InChI=1S/C28H33ClN6O3.C19H28BClN2O3.C16H20N4O2/c1-17(19-11-26(36)30-13-19)38-28-27-24(31-16-35(27)20-3-4-20)12-23(32-28)18-2-5-25(22(29)10-18)34-8-6-33(7-9-34)21-14-37-15-21;1-18(2)19(3,4)26-20(25-18)14-5-6-17(16(21)11-14)23-9-7-22(8-10-23)15-12-24-13-15;1-9-5-13-15(20(8-18-13)12-3-4-12)16(19-9)22-10(2)11-6-14(21)17-7-11/h2,5,10,12,16-17,19-21H,3-4,6-9,11,13-15H2,1H3,(H,30,36);5-6,11,15H,7-10,12-13H2,1-4H3;5,8,10-12H,3-4,6-7H2,1-2H3,(H,17,21)/t17-,19-;;10-,11-/m1.1/s1. The van der Waals surface area contributed by atoms with Crippen LogP contribution in [0.1, 0.15) is 97.8 Å². The van der Waals surface area contributed by atoms with Gasteiger partial charge in [-0.1, -0.05) is 35.3 Å². The molecule has 2 amide bonds. The number of imidazole rings is 2. The van der Waals surface area contributed by atoms with Gasteiger partial charge in [0.25, 0.3) is 0 Å². The van der Waals surface area contributed by atoms with Crippen molar-refractivity contribution in [3.05, 3.63) is 76.9 Å². The van der Waals surface area contributed by atoms with Gasteiger partial charge < -0.3 is 57.8 Å². The first-order chi connectivity index (χ1) is 41.4. The van der Waals surface area contributed by atoms with Crippen LogP contribution in [0.4, 0.5) is 11.4 Å². The van der Waals surface area contributed by atoms with E-state index in [1.165, 1.54) is 12.8 Å². The zero-order chi connectivity index (χ0) is 59.6. The molecule has 0 bridgehead atoms. The maximum atomic E-state index is 11.8. The van der Waals surface area contributed by atoms with Crippen LogP contribution in [0.25, 0.3) is 33.3 Å². The Hall–Kier alpha value is -5.78. The molecule has 458 valence electrons. The molecule has 0 radical (unpaired) electrons. The maximum Gasteiger partial charge on any atom is 0.494 e. The molecule has 6 aromatic rings. The summed E-state index contributed by atoms with van der Waals surface area (Å²) >= 11 is 13.5. The number of hydrogen-bond acceptors (Lipinski definition) is 16. The monoisotopic (exact) mass is 1210 g/mol. The summed E-state index contributed by atoms with van der Waals surface area (Å²) in [6, 6.07) is 18.5. The van der Waals surface area contributed by atoms with Gasteiger partial charge in [-0.3, -0.25) is 19.4 Å². The summed E-state index contributed by atoms with van der Waals surface area (Å²) < 4.78 is 39.9. The van der Waals surface area contributed by atoms with Gasteiger partial charge >= 0.3 is 7.12 Å². The normalized spacial score (nSPS) is 24.1. The minimum absolute atomic E-state index is 0.0565. The maximum absolute atomic E-state index is 11.8. The zero-order valence-electron chi connectivity index (χ0n) is 50.6. The van der Waals surface area contributed by atoms with E-state index in [2.05, 4.69) is 101 Å². The number of anilines is 2. The van der Waals surface area contributed by atoms with Gasteiger partial charge in [-0.05, 0) is 116 Å². The van der Waals surface area contributed by atoms with Crippen molar-refractivity contribution < 1.29 is 37.8 Å². The van der Waals surface area contributed by atoms with Crippen LogP contribution in [0.2, 0.25) is 10.0 Å². The second kappa shape index (κ2) is 24.3.